The number of alkyl halides is 3. The van der Waals surface area contributed by atoms with Gasteiger partial charge in [-0.2, -0.15) is 13.2 Å². The van der Waals surface area contributed by atoms with Crippen LogP contribution in [-0.2, 0) is 4.79 Å². The van der Waals surface area contributed by atoms with Crippen LogP contribution >= 0.6 is 0 Å². The summed E-state index contributed by atoms with van der Waals surface area (Å²) in [5.41, 5.74) is -1.11. The van der Waals surface area contributed by atoms with Gasteiger partial charge in [-0.05, 0) is 12.1 Å². The van der Waals surface area contributed by atoms with Gasteiger partial charge in [-0.3, -0.25) is 4.79 Å². The van der Waals surface area contributed by atoms with Crippen LogP contribution in [0.25, 0.3) is 0 Å². The molecule has 0 saturated carbocycles. The number of carbonyl (C=O) groups excluding carboxylic acids is 1. The van der Waals surface area contributed by atoms with Crippen LogP contribution in [0.5, 0.6) is 0 Å². The maximum absolute atomic E-state index is 12.8. The predicted molar refractivity (Wildman–Crippen MR) is 41.0 cm³/mol. The number of hydrogen-bond donors (Lipinski definition) is 1. The number of para-hydroxylation sites is 1. The van der Waals surface area contributed by atoms with E-state index in [0.717, 1.165) is 23.5 Å². The quantitative estimate of drug-likeness (QED) is 0.731. The third-order valence-corrected chi connectivity index (χ3v) is 1.46. The number of halogens is 5. The SMILES string of the molecule is O=C(Nc1c(F)cccc1F)C(F)(F)F. The third-order valence-electron chi connectivity index (χ3n) is 1.46. The van der Waals surface area contributed by atoms with Crippen LogP contribution in [0.3, 0.4) is 0 Å². The highest BCUT2D eigenvalue weighted by Crippen LogP contribution is 2.22. The number of nitrogens with one attached hydrogen (secondary N) is 1. The highest BCUT2D eigenvalue weighted by Gasteiger charge is 2.39. The molecule has 1 N–H and O–H groups in total. The van der Waals surface area contributed by atoms with Crippen LogP contribution in [0.15, 0.2) is 18.2 Å². The Balaban J connectivity index is 2.95. The van der Waals surface area contributed by atoms with Crippen molar-refractivity contribution in [3.63, 3.8) is 0 Å². The monoisotopic (exact) mass is 225 g/mol. The summed E-state index contributed by atoms with van der Waals surface area (Å²) >= 11 is 0. The molecule has 1 aromatic rings. The molecule has 0 radical (unpaired) electrons. The van der Waals surface area contributed by atoms with Crippen molar-refractivity contribution >= 4 is 11.6 Å². The van der Waals surface area contributed by atoms with E-state index in [1.54, 1.807) is 0 Å². The summed E-state index contributed by atoms with van der Waals surface area (Å²) in [6, 6.07) is 2.43. The average Bonchev–Trinajstić information content (AvgIpc) is 2.09. The maximum atomic E-state index is 12.8. The molecule has 0 atom stereocenters. The first-order valence-corrected chi connectivity index (χ1v) is 3.64. The molecule has 1 amide bonds. The van der Waals surface area contributed by atoms with Crippen LogP contribution in [-0.4, -0.2) is 12.1 Å². The van der Waals surface area contributed by atoms with E-state index in [9.17, 15) is 26.7 Å². The Labute approximate surface area is 80.7 Å². The molecule has 82 valence electrons. The number of carbonyl (C=O) groups is 1. The van der Waals surface area contributed by atoms with E-state index in [1.807, 2.05) is 0 Å². The highest BCUT2D eigenvalue weighted by atomic mass is 19.4. The zero-order valence-electron chi connectivity index (χ0n) is 7.03. The zero-order chi connectivity index (χ0) is 11.6. The van der Waals surface area contributed by atoms with Gasteiger partial charge in [0.2, 0.25) is 0 Å². The number of benzene rings is 1. The highest BCUT2D eigenvalue weighted by molar-refractivity contribution is 5.95. The van der Waals surface area contributed by atoms with Crippen molar-refractivity contribution in [3.05, 3.63) is 29.8 Å². The number of hydrogen-bond acceptors (Lipinski definition) is 1. The molecule has 0 saturated heterocycles. The number of rotatable bonds is 1. The van der Waals surface area contributed by atoms with E-state index in [1.165, 1.54) is 0 Å². The van der Waals surface area contributed by atoms with Gasteiger partial charge in [0.1, 0.15) is 17.3 Å². The Morgan fingerprint density at radius 3 is 2.00 bits per heavy atom. The molecule has 0 aromatic heterocycles. The van der Waals surface area contributed by atoms with Crippen molar-refractivity contribution in [1.29, 1.82) is 0 Å². The average molecular weight is 225 g/mol. The molecule has 7 heteroatoms. The van der Waals surface area contributed by atoms with Crippen molar-refractivity contribution in [2.24, 2.45) is 0 Å². The first kappa shape index (κ1) is 11.4. The largest absolute Gasteiger partial charge is 0.471 e. The van der Waals surface area contributed by atoms with Gasteiger partial charge in [0.05, 0.1) is 0 Å². The summed E-state index contributed by atoms with van der Waals surface area (Å²) in [5, 5.41) is 1.10. The summed E-state index contributed by atoms with van der Waals surface area (Å²) in [6.45, 7) is 0. The molecular weight excluding hydrogens is 221 g/mol. The normalized spacial score (nSPS) is 11.3. The summed E-state index contributed by atoms with van der Waals surface area (Å²) in [4.78, 5) is 10.4. The molecule has 0 bridgehead atoms. The summed E-state index contributed by atoms with van der Waals surface area (Å²) in [5.74, 6) is -4.97. The number of amides is 1. The van der Waals surface area contributed by atoms with Crippen molar-refractivity contribution in [2.75, 3.05) is 5.32 Å². The smallest absolute Gasteiger partial charge is 0.313 e. The molecule has 2 nitrogen and oxygen atoms in total. The van der Waals surface area contributed by atoms with Gasteiger partial charge >= 0.3 is 12.1 Å². The Hall–Kier alpha value is -1.66. The molecular formula is C8H4F5NO. The van der Waals surface area contributed by atoms with E-state index >= 15 is 0 Å². The molecule has 0 aliphatic rings. The van der Waals surface area contributed by atoms with Crippen LogP contribution in [0.1, 0.15) is 0 Å². The molecule has 0 aliphatic carbocycles. The van der Waals surface area contributed by atoms with Crippen LogP contribution in [0, 0.1) is 11.6 Å². The minimum Gasteiger partial charge on any atom is -0.313 e. The predicted octanol–water partition coefficient (Wildman–Crippen LogP) is 2.47. The topological polar surface area (TPSA) is 29.1 Å². The van der Waals surface area contributed by atoms with E-state index < -0.39 is 29.4 Å². The lowest BCUT2D eigenvalue weighted by Crippen LogP contribution is -2.30. The first-order valence-electron chi connectivity index (χ1n) is 3.64. The Morgan fingerprint density at radius 2 is 1.60 bits per heavy atom. The lowest BCUT2D eigenvalue weighted by atomic mass is 10.3. The fourth-order valence-corrected chi connectivity index (χ4v) is 0.802. The Kier molecular flexibility index (Phi) is 2.92. The van der Waals surface area contributed by atoms with Gasteiger partial charge in [0.15, 0.2) is 0 Å². The Morgan fingerprint density at radius 1 is 1.13 bits per heavy atom. The molecule has 0 heterocycles. The van der Waals surface area contributed by atoms with Crippen LogP contribution in [0.2, 0.25) is 0 Å². The van der Waals surface area contributed by atoms with E-state index in [0.29, 0.717) is 0 Å². The number of anilines is 1. The van der Waals surface area contributed by atoms with E-state index in [-0.39, 0.29) is 0 Å². The molecule has 1 rings (SSSR count). The molecule has 0 spiro atoms. The van der Waals surface area contributed by atoms with E-state index in [2.05, 4.69) is 0 Å². The lowest BCUT2D eigenvalue weighted by Gasteiger charge is -2.08. The fourth-order valence-electron chi connectivity index (χ4n) is 0.802. The van der Waals surface area contributed by atoms with Crippen LogP contribution in [0.4, 0.5) is 27.6 Å². The van der Waals surface area contributed by atoms with E-state index in [4.69, 9.17) is 0 Å². The van der Waals surface area contributed by atoms with Crippen molar-refractivity contribution < 1.29 is 26.7 Å². The minimum atomic E-state index is -5.19. The van der Waals surface area contributed by atoms with Gasteiger partial charge in [0, 0.05) is 0 Å². The lowest BCUT2D eigenvalue weighted by molar-refractivity contribution is -0.167. The second-order valence-corrected chi connectivity index (χ2v) is 2.55. The summed E-state index contributed by atoms with van der Waals surface area (Å²) < 4.78 is 60.8. The fraction of sp³-hybridized carbons (Fsp3) is 0.125. The minimum absolute atomic E-state index is 0.731. The molecule has 0 aliphatic heterocycles. The first-order chi connectivity index (χ1) is 6.82. The molecule has 15 heavy (non-hydrogen) atoms. The van der Waals surface area contributed by atoms with Gasteiger partial charge < -0.3 is 5.32 Å². The third kappa shape index (κ3) is 2.64. The van der Waals surface area contributed by atoms with Gasteiger partial charge in [0.25, 0.3) is 0 Å². The summed E-state index contributed by atoms with van der Waals surface area (Å²) in [6.07, 6.45) is -5.19. The van der Waals surface area contributed by atoms with Crippen molar-refractivity contribution in [2.45, 2.75) is 6.18 Å². The molecule has 1 aromatic carbocycles. The second-order valence-electron chi connectivity index (χ2n) is 2.55. The van der Waals surface area contributed by atoms with Gasteiger partial charge in [-0.1, -0.05) is 6.07 Å². The second kappa shape index (κ2) is 3.84. The van der Waals surface area contributed by atoms with Gasteiger partial charge in [-0.25, -0.2) is 8.78 Å². The van der Waals surface area contributed by atoms with Crippen molar-refractivity contribution in [3.8, 4) is 0 Å². The zero-order valence-corrected chi connectivity index (χ0v) is 7.03. The molecule has 0 unspecified atom stereocenters. The maximum Gasteiger partial charge on any atom is 0.471 e. The van der Waals surface area contributed by atoms with Crippen molar-refractivity contribution in [1.82, 2.24) is 0 Å². The standard InChI is InChI=1S/C8H4F5NO/c9-4-2-1-3-5(10)6(4)14-7(15)8(11,12)13/h1-3H,(H,14,15). The molecule has 0 fully saturated rings. The van der Waals surface area contributed by atoms with Gasteiger partial charge in [-0.15, -0.1) is 0 Å². The Bertz CT molecular complexity index is 367. The van der Waals surface area contributed by atoms with Crippen LogP contribution < -0.4 is 5.32 Å². The summed E-state index contributed by atoms with van der Waals surface area (Å²) in [7, 11) is 0.